The summed E-state index contributed by atoms with van der Waals surface area (Å²) in [6.45, 7) is 2.64. The first-order valence-corrected chi connectivity index (χ1v) is 24.4. The lowest BCUT2D eigenvalue weighted by atomic mass is 9.87. The van der Waals surface area contributed by atoms with Gasteiger partial charge in [-0.3, -0.25) is 32.5 Å². The molecular weight excluding hydrogens is 891 g/mol. The molecule has 344 valence electrons. The number of aromatic nitrogens is 4. The van der Waals surface area contributed by atoms with Gasteiger partial charge in [-0.05, 0) is 31.8 Å². The third-order valence-electron chi connectivity index (χ3n) is 8.64. The Morgan fingerprint density at radius 3 is 2.39 bits per heavy atom. The Balaban J connectivity index is 1.41. The molecule has 28 heteroatoms. The normalized spacial score (nSPS) is 21.1. The van der Waals surface area contributed by atoms with Gasteiger partial charge in [0.2, 0.25) is 16.9 Å². The number of ether oxygens (including phenoxy) is 1. The number of carbonyl (C=O) groups is 3. The van der Waals surface area contributed by atoms with Gasteiger partial charge in [0.15, 0.2) is 17.7 Å². The smallest absolute Gasteiger partial charge is 0.386 e. The highest BCUT2D eigenvalue weighted by Crippen LogP contribution is 2.61. The fourth-order valence-corrected chi connectivity index (χ4v) is 8.88. The van der Waals surface area contributed by atoms with E-state index in [1.807, 2.05) is 0 Å². The first-order chi connectivity index (χ1) is 28.6. The number of aliphatic hydroxyl groups is 2. The van der Waals surface area contributed by atoms with Gasteiger partial charge in [-0.1, -0.05) is 63.6 Å². The first kappa shape index (κ1) is 52.4. The number of rotatable bonds is 27. The first-order valence-electron chi connectivity index (χ1n) is 18.9. The van der Waals surface area contributed by atoms with Crippen LogP contribution in [-0.4, -0.2) is 123 Å². The predicted molar refractivity (Wildman–Crippen MR) is 219 cm³/mol. The molecule has 2 aromatic rings. The molecule has 3 rings (SSSR count). The van der Waals surface area contributed by atoms with E-state index in [1.54, 1.807) is 6.08 Å². The Bertz CT molecular complexity index is 1980. The third-order valence-corrected chi connectivity index (χ3v) is 12.6. The Hall–Kier alpha value is -2.96. The Kier molecular flexibility index (Phi) is 20.8. The van der Waals surface area contributed by atoms with Crippen LogP contribution < -0.4 is 16.4 Å². The number of nitrogen functional groups attached to an aromatic ring is 1. The minimum Gasteiger partial charge on any atom is -0.386 e. The second kappa shape index (κ2) is 24.2. The molecule has 3 heterocycles. The lowest BCUT2D eigenvalue weighted by molar-refractivity contribution is -0.137. The van der Waals surface area contributed by atoms with Crippen molar-refractivity contribution in [2.24, 2.45) is 5.41 Å². The minimum absolute atomic E-state index is 0.0305. The van der Waals surface area contributed by atoms with Crippen molar-refractivity contribution in [1.82, 2.24) is 30.2 Å². The van der Waals surface area contributed by atoms with Crippen molar-refractivity contribution in [3.63, 3.8) is 0 Å². The second-order valence-corrected chi connectivity index (χ2v) is 19.5. The molecule has 7 atom stereocenters. The van der Waals surface area contributed by atoms with Crippen LogP contribution in [0.15, 0.2) is 37.0 Å². The van der Waals surface area contributed by atoms with E-state index < -0.39 is 84.6 Å². The van der Waals surface area contributed by atoms with Crippen LogP contribution in [-0.2, 0) is 50.7 Å². The number of phosphoric acid groups is 3. The van der Waals surface area contributed by atoms with E-state index >= 15 is 0 Å². The van der Waals surface area contributed by atoms with Gasteiger partial charge in [0.1, 0.15) is 36.3 Å². The largest absolute Gasteiger partial charge is 0.481 e. The van der Waals surface area contributed by atoms with Gasteiger partial charge in [-0.25, -0.2) is 28.6 Å². The zero-order chi connectivity index (χ0) is 45.4. The van der Waals surface area contributed by atoms with Crippen LogP contribution in [0.25, 0.3) is 11.2 Å². The van der Waals surface area contributed by atoms with Gasteiger partial charge in [0.25, 0.3) is 0 Å². The Morgan fingerprint density at radius 2 is 1.69 bits per heavy atom. The van der Waals surface area contributed by atoms with Crippen LogP contribution in [0.2, 0.25) is 0 Å². The maximum atomic E-state index is 12.7. The van der Waals surface area contributed by atoms with E-state index in [-0.39, 0.29) is 41.6 Å². The topological polar surface area (TPSA) is 364 Å². The number of phosphoric ester groups is 3. The van der Waals surface area contributed by atoms with Crippen LogP contribution >= 0.6 is 35.2 Å². The van der Waals surface area contributed by atoms with E-state index in [9.17, 15) is 57.9 Å². The van der Waals surface area contributed by atoms with Crippen LogP contribution in [0.4, 0.5) is 5.82 Å². The fourth-order valence-electron chi connectivity index (χ4n) is 5.45. The summed E-state index contributed by atoms with van der Waals surface area (Å²) >= 11 is 1.04. The minimum atomic E-state index is -5.57. The van der Waals surface area contributed by atoms with Crippen molar-refractivity contribution in [3.8, 4) is 0 Å². The number of unbranched alkanes of at least 4 members (excludes halogenated alkanes) is 4. The molecule has 2 aromatic heterocycles. The lowest BCUT2D eigenvalue weighted by Gasteiger charge is -2.30. The SMILES string of the molecule is CCCCCC=CCCC=CC(=O)SCCNC(=O)CCNC(=O)C(O)C(C)(C)COP(=O)(O)OP(=O)(O)OCC1OC(n2cnc3c(N)ncnc32)C(O)C1OP(=O)(O)O. The van der Waals surface area contributed by atoms with Crippen LogP contribution in [0.5, 0.6) is 0 Å². The predicted octanol–water partition coefficient (Wildman–Crippen LogP) is 2.14. The molecule has 0 radical (unpaired) electrons. The average molecular weight is 946 g/mol. The molecule has 1 saturated heterocycles. The van der Waals surface area contributed by atoms with Crippen molar-refractivity contribution in [3.05, 3.63) is 37.0 Å². The number of thioether (sulfide) groups is 1. The number of hydrogen-bond acceptors (Lipinski definition) is 18. The fraction of sp³-hybridized carbons (Fsp3) is 0.636. The number of nitrogens with one attached hydrogen (secondary N) is 2. The number of anilines is 1. The van der Waals surface area contributed by atoms with E-state index in [0.717, 1.165) is 48.2 Å². The molecule has 2 amide bonds. The number of aliphatic hydroxyl groups excluding tert-OH is 2. The van der Waals surface area contributed by atoms with Gasteiger partial charge in [-0.2, -0.15) is 4.31 Å². The molecule has 0 aromatic carbocycles. The molecule has 0 saturated carbocycles. The van der Waals surface area contributed by atoms with Crippen molar-refractivity contribution >= 4 is 69.1 Å². The van der Waals surface area contributed by atoms with Gasteiger partial charge < -0.3 is 50.9 Å². The number of fused-ring (bicyclic) bond motifs is 1. The molecule has 7 unspecified atom stereocenters. The van der Waals surface area contributed by atoms with Crippen molar-refractivity contribution < 1.29 is 80.5 Å². The molecule has 1 fully saturated rings. The van der Waals surface area contributed by atoms with Gasteiger partial charge in [-0.15, -0.1) is 0 Å². The maximum absolute atomic E-state index is 12.7. The summed E-state index contributed by atoms with van der Waals surface area (Å²) in [6.07, 6.45) is 6.84. The summed E-state index contributed by atoms with van der Waals surface area (Å²) in [5.74, 6) is -1.13. The summed E-state index contributed by atoms with van der Waals surface area (Å²) in [4.78, 5) is 87.8. The monoisotopic (exact) mass is 945 g/mol. The highest BCUT2D eigenvalue weighted by Gasteiger charge is 2.50. The molecule has 0 spiro atoms. The van der Waals surface area contributed by atoms with Crippen molar-refractivity contribution in [2.45, 2.75) is 96.4 Å². The van der Waals surface area contributed by atoms with E-state index in [2.05, 4.69) is 53.5 Å². The molecule has 0 aliphatic carbocycles. The molecule has 61 heavy (non-hydrogen) atoms. The van der Waals surface area contributed by atoms with E-state index in [4.69, 9.17) is 19.5 Å². The van der Waals surface area contributed by atoms with Gasteiger partial charge >= 0.3 is 23.5 Å². The van der Waals surface area contributed by atoms with Crippen LogP contribution in [0.1, 0.15) is 71.9 Å². The molecule has 24 nitrogen and oxygen atoms in total. The summed E-state index contributed by atoms with van der Waals surface area (Å²) in [5, 5.41) is 26.3. The van der Waals surface area contributed by atoms with E-state index in [1.165, 1.54) is 39.2 Å². The zero-order valence-corrected chi connectivity index (χ0v) is 37.1. The zero-order valence-electron chi connectivity index (χ0n) is 33.6. The number of imidazole rings is 1. The summed E-state index contributed by atoms with van der Waals surface area (Å²) in [6, 6.07) is 0. The second-order valence-electron chi connectivity index (χ2n) is 14.2. The Morgan fingerprint density at radius 1 is 1.00 bits per heavy atom. The van der Waals surface area contributed by atoms with Crippen LogP contribution in [0.3, 0.4) is 0 Å². The summed E-state index contributed by atoms with van der Waals surface area (Å²) < 4.78 is 62.2. The van der Waals surface area contributed by atoms with Gasteiger partial charge in [0.05, 0.1) is 19.5 Å². The number of hydrogen-bond donors (Lipinski definition) is 9. The molecular formula is C33H54N7O17P3S. The number of amides is 2. The Labute approximate surface area is 355 Å². The number of nitrogens with zero attached hydrogens (tertiary/aromatic N) is 4. The van der Waals surface area contributed by atoms with Crippen molar-refractivity contribution in [2.75, 3.05) is 37.8 Å². The van der Waals surface area contributed by atoms with Crippen molar-refractivity contribution in [1.29, 1.82) is 0 Å². The highest BCUT2D eigenvalue weighted by molar-refractivity contribution is 8.14. The molecule has 1 aliphatic heterocycles. The lowest BCUT2D eigenvalue weighted by Crippen LogP contribution is -2.46. The molecule has 0 bridgehead atoms. The molecule has 10 N–H and O–H groups in total. The summed E-state index contributed by atoms with van der Waals surface area (Å²) in [5.41, 5.74) is 4.27. The summed E-state index contributed by atoms with van der Waals surface area (Å²) in [7, 11) is -16.4. The quantitative estimate of drug-likeness (QED) is 0.0268. The van der Waals surface area contributed by atoms with E-state index in [0.29, 0.717) is 5.75 Å². The third kappa shape index (κ3) is 18.0. The average Bonchev–Trinajstić information content (AvgIpc) is 3.73. The highest BCUT2D eigenvalue weighted by atomic mass is 32.2. The number of carbonyl (C=O) groups excluding carboxylic acids is 3. The van der Waals surface area contributed by atoms with Crippen LogP contribution in [0, 0.1) is 5.41 Å². The standard InChI is InChI=1S/C33H54N7O17P3S/c1-4-5-6-7-8-9-10-11-12-13-24(42)61-17-16-35-23(41)14-15-36-31(45)28(44)33(2,3)19-54-60(51,52)57-59(49,50)53-18-22-27(56-58(46,47)48)26(43)32(55-22)40-21-39-25-29(34)37-20-38-30(25)40/h8-9,12-13,20-22,26-28,32,43-44H,4-7,10-11,14-19H2,1-3H3,(H,35,41)(H,36,45)(H,49,50)(H,51,52)(H2,34,37,38)(H2,46,47,48). The number of nitrogens with two attached hydrogens (primary N) is 1. The number of allylic oxidation sites excluding steroid dienone is 3. The molecule has 1 aliphatic rings. The maximum Gasteiger partial charge on any atom is 0.481 e. The van der Waals surface area contributed by atoms with Gasteiger partial charge in [0, 0.05) is 30.7 Å².